The monoisotopic (exact) mass is 354 g/mol. The zero-order chi connectivity index (χ0) is 16.9. The summed E-state index contributed by atoms with van der Waals surface area (Å²) in [5.41, 5.74) is 0. The van der Waals surface area contributed by atoms with Gasteiger partial charge in [0.2, 0.25) is 5.91 Å². The lowest BCUT2D eigenvalue weighted by atomic mass is 9.65. The molecule has 0 aromatic heterocycles. The molecule has 3 rings (SSSR count). The van der Waals surface area contributed by atoms with E-state index >= 15 is 4.39 Å². The van der Waals surface area contributed by atoms with Gasteiger partial charge in [0.05, 0.1) is 18.7 Å². The molecular weight excluding hydrogens is 334 g/mol. The molecule has 1 saturated heterocycles. The molecule has 132 valence electrons. The summed E-state index contributed by atoms with van der Waals surface area (Å²) in [7, 11) is -2.75. The standard InChI is InChI=1S/C13H20F2N2O5S/c1-22-6-2-3-7-8(4-6)10(14)12(13(19)11(7)15)17-5-9(18)16-23(17,20)21/h6-8,10-13,19H,2-5H2,1H3,(H,16,18). The fourth-order valence-corrected chi connectivity index (χ4v) is 5.42. The van der Waals surface area contributed by atoms with Crippen molar-refractivity contribution < 1.29 is 31.8 Å². The third kappa shape index (κ3) is 2.75. The van der Waals surface area contributed by atoms with Crippen molar-refractivity contribution in [3.05, 3.63) is 0 Å². The molecule has 3 fully saturated rings. The molecule has 7 unspecified atom stereocenters. The zero-order valence-electron chi connectivity index (χ0n) is 12.6. The van der Waals surface area contributed by atoms with Crippen molar-refractivity contribution in [3.63, 3.8) is 0 Å². The molecule has 0 bridgehead atoms. The average Bonchev–Trinajstić information content (AvgIpc) is 2.77. The van der Waals surface area contributed by atoms with Gasteiger partial charge in [-0.2, -0.15) is 12.7 Å². The Morgan fingerprint density at radius 3 is 2.52 bits per heavy atom. The van der Waals surface area contributed by atoms with Gasteiger partial charge in [-0.1, -0.05) is 0 Å². The van der Waals surface area contributed by atoms with Crippen LogP contribution in [0.15, 0.2) is 0 Å². The second kappa shape index (κ2) is 5.91. The van der Waals surface area contributed by atoms with Crippen molar-refractivity contribution in [1.82, 2.24) is 9.03 Å². The van der Waals surface area contributed by atoms with E-state index in [1.165, 1.54) is 7.11 Å². The fraction of sp³-hybridized carbons (Fsp3) is 0.923. The number of methoxy groups -OCH3 is 1. The van der Waals surface area contributed by atoms with E-state index in [9.17, 15) is 22.7 Å². The van der Waals surface area contributed by atoms with Gasteiger partial charge < -0.3 is 9.84 Å². The SMILES string of the molecule is COC1CCC2C(F)C(O)C(N3CC(=O)NS3(=O)=O)C(F)C2C1. The topological polar surface area (TPSA) is 95.9 Å². The maximum Gasteiger partial charge on any atom is 0.304 e. The highest BCUT2D eigenvalue weighted by Gasteiger charge is 2.57. The number of hydrogen-bond donors (Lipinski definition) is 2. The van der Waals surface area contributed by atoms with Gasteiger partial charge >= 0.3 is 10.2 Å². The zero-order valence-corrected chi connectivity index (χ0v) is 13.4. The Balaban J connectivity index is 1.90. The lowest BCUT2D eigenvalue weighted by Gasteiger charge is -2.49. The highest BCUT2D eigenvalue weighted by Crippen LogP contribution is 2.46. The van der Waals surface area contributed by atoms with Crippen LogP contribution in [0, 0.1) is 11.8 Å². The maximum atomic E-state index is 15.0. The molecular formula is C13H20F2N2O5S. The second-order valence-corrected chi connectivity index (χ2v) is 8.07. The van der Waals surface area contributed by atoms with Crippen LogP contribution in [0.3, 0.4) is 0 Å². The second-order valence-electron chi connectivity index (χ2n) is 6.44. The van der Waals surface area contributed by atoms with Gasteiger partial charge in [-0.15, -0.1) is 0 Å². The molecule has 1 aliphatic heterocycles. The number of rotatable bonds is 2. The van der Waals surface area contributed by atoms with E-state index in [0.29, 0.717) is 17.1 Å². The molecule has 0 spiro atoms. The summed E-state index contributed by atoms with van der Waals surface area (Å²) in [6, 6.07) is -1.61. The first-order valence-electron chi connectivity index (χ1n) is 7.57. The van der Waals surface area contributed by atoms with Crippen LogP contribution in [0.25, 0.3) is 0 Å². The minimum absolute atomic E-state index is 0.215. The Morgan fingerprint density at radius 1 is 1.26 bits per heavy atom. The average molecular weight is 354 g/mol. The fourth-order valence-electron chi connectivity index (χ4n) is 4.10. The number of aliphatic hydroxyl groups excluding tert-OH is 1. The summed E-state index contributed by atoms with van der Waals surface area (Å²) < 4.78 is 60.9. The van der Waals surface area contributed by atoms with E-state index < -0.39 is 59.0 Å². The number of halogens is 2. The number of nitrogens with one attached hydrogen (secondary N) is 1. The normalized spacial score (nSPS) is 47.1. The number of fused-ring (bicyclic) bond motifs is 1. The summed E-state index contributed by atoms with van der Waals surface area (Å²) in [6.07, 6.45) is -4.30. The van der Waals surface area contributed by atoms with Crippen molar-refractivity contribution in [2.75, 3.05) is 13.7 Å². The number of alkyl halides is 2. The largest absolute Gasteiger partial charge is 0.388 e. The van der Waals surface area contributed by atoms with Gasteiger partial charge in [0, 0.05) is 7.11 Å². The first-order chi connectivity index (χ1) is 10.8. The number of nitrogens with zero attached hydrogens (tertiary/aromatic N) is 1. The third-order valence-electron chi connectivity index (χ3n) is 5.24. The molecule has 2 saturated carbocycles. The Morgan fingerprint density at radius 2 is 1.96 bits per heavy atom. The Hall–Kier alpha value is -0.840. The van der Waals surface area contributed by atoms with Gasteiger partial charge in [-0.25, -0.2) is 13.5 Å². The summed E-state index contributed by atoms with van der Waals surface area (Å²) in [6.45, 7) is -0.609. The van der Waals surface area contributed by atoms with Crippen molar-refractivity contribution in [2.24, 2.45) is 11.8 Å². The molecule has 0 aromatic carbocycles. The number of aliphatic hydroxyl groups is 1. The first-order valence-corrected chi connectivity index (χ1v) is 9.01. The van der Waals surface area contributed by atoms with E-state index in [4.69, 9.17) is 4.74 Å². The van der Waals surface area contributed by atoms with E-state index in [2.05, 4.69) is 0 Å². The lowest BCUT2D eigenvalue weighted by Crippen LogP contribution is -2.63. The number of carbonyl (C=O) groups is 1. The number of hydrogen-bond acceptors (Lipinski definition) is 5. The van der Waals surface area contributed by atoms with Crippen LogP contribution in [0.2, 0.25) is 0 Å². The number of carbonyl (C=O) groups excluding carboxylic acids is 1. The molecule has 2 aliphatic carbocycles. The molecule has 3 aliphatic rings. The third-order valence-corrected chi connectivity index (χ3v) is 6.72. The Labute approximate surface area is 133 Å². The number of ether oxygens (including phenoxy) is 1. The van der Waals surface area contributed by atoms with Crippen molar-refractivity contribution in [1.29, 1.82) is 0 Å². The molecule has 23 heavy (non-hydrogen) atoms. The summed E-state index contributed by atoms with van der Waals surface area (Å²) >= 11 is 0. The molecule has 10 heteroatoms. The van der Waals surface area contributed by atoms with Crippen LogP contribution in [0.4, 0.5) is 8.78 Å². The summed E-state index contributed by atoms with van der Waals surface area (Å²) in [4.78, 5) is 11.3. The highest BCUT2D eigenvalue weighted by atomic mass is 32.2. The predicted molar refractivity (Wildman–Crippen MR) is 75.0 cm³/mol. The molecule has 1 amide bonds. The van der Waals surface area contributed by atoms with Crippen molar-refractivity contribution in [2.45, 2.75) is 49.9 Å². The lowest BCUT2D eigenvalue weighted by molar-refractivity contribution is -0.132. The molecule has 0 radical (unpaired) electrons. The van der Waals surface area contributed by atoms with Crippen molar-refractivity contribution in [3.8, 4) is 0 Å². The number of amides is 1. The first kappa shape index (κ1) is 17.0. The maximum absolute atomic E-state index is 15.0. The van der Waals surface area contributed by atoms with E-state index in [1.54, 1.807) is 4.72 Å². The Kier molecular flexibility index (Phi) is 4.36. The molecule has 1 heterocycles. The predicted octanol–water partition coefficient (Wildman–Crippen LogP) is -0.486. The van der Waals surface area contributed by atoms with Crippen LogP contribution >= 0.6 is 0 Å². The van der Waals surface area contributed by atoms with Gasteiger partial charge in [0.15, 0.2) is 0 Å². The van der Waals surface area contributed by atoms with E-state index in [-0.39, 0.29) is 12.5 Å². The van der Waals surface area contributed by atoms with Crippen LogP contribution in [-0.4, -0.2) is 68.0 Å². The summed E-state index contributed by atoms with van der Waals surface area (Å²) in [5.74, 6) is -2.24. The highest BCUT2D eigenvalue weighted by molar-refractivity contribution is 7.88. The van der Waals surface area contributed by atoms with Gasteiger partial charge in [-0.3, -0.25) is 4.79 Å². The molecule has 7 atom stereocenters. The Bertz CT molecular complexity index is 589. The summed E-state index contributed by atoms with van der Waals surface area (Å²) in [5, 5.41) is 10.2. The molecule has 2 N–H and O–H groups in total. The quantitative estimate of drug-likeness (QED) is 0.698. The van der Waals surface area contributed by atoms with E-state index in [0.717, 1.165) is 0 Å². The van der Waals surface area contributed by atoms with Gasteiger partial charge in [0.1, 0.15) is 18.4 Å². The van der Waals surface area contributed by atoms with Crippen molar-refractivity contribution >= 4 is 16.1 Å². The minimum atomic E-state index is -4.25. The molecule has 7 nitrogen and oxygen atoms in total. The molecule has 0 aromatic rings. The van der Waals surface area contributed by atoms with E-state index in [1.807, 2.05) is 0 Å². The van der Waals surface area contributed by atoms with Crippen LogP contribution in [0.1, 0.15) is 19.3 Å². The smallest absolute Gasteiger partial charge is 0.304 e. The van der Waals surface area contributed by atoms with Gasteiger partial charge in [0.25, 0.3) is 0 Å². The minimum Gasteiger partial charge on any atom is -0.388 e. The van der Waals surface area contributed by atoms with Crippen LogP contribution < -0.4 is 4.72 Å². The van der Waals surface area contributed by atoms with Crippen LogP contribution in [0.5, 0.6) is 0 Å². The van der Waals surface area contributed by atoms with Crippen LogP contribution in [-0.2, 0) is 19.7 Å². The van der Waals surface area contributed by atoms with Gasteiger partial charge in [-0.05, 0) is 31.1 Å².